The summed E-state index contributed by atoms with van der Waals surface area (Å²) in [5.41, 5.74) is 5.33. The summed E-state index contributed by atoms with van der Waals surface area (Å²) < 4.78 is 0. The second kappa shape index (κ2) is 9.57. The maximum atomic E-state index is 12.9. The highest BCUT2D eigenvalue weighted by atomic mass is 35.5. The Morgan fingerprint density at radius 1 is 0.821 bits per heavy atom. The van der Waals surface area contributed by atoms with Crippen molar-refractivity contribution in [1.82, 2.24) is 0 Å². The van der Waals surface area contributed by atoms with Gasteiger partial charge in [-0.05, 0) is 53.8 Å². The quantitative estimate of drug-likeness (QED) is 0.423. The maximum absolute atomic E-state index is 12.9. The number of carbonyl (C=O) groups is 1. The highest BCUT2D eigenvalue weighted by Crippen LogP contribution is 2.26. The first-order chi connectivity index (χ1) is 13.6. The van der Waals surface area contributed by atoms with Gasteiger partial charge in [0.1, 0.15) is 0 Å². The predicted molar refractivity (Wildman–Crippen MR) is 118 cm³/mol. The van der Waals surface area contributed by atoms with E-state index in [0.717, 1.165) is 29.7 Å². The zero-order chi connectivity index (χ0) is 19.9. The first-order valence-electron chi connectivity index (χ1n) is 9.82. The molecule has 2 nitrogen and oxygen atoms in total. The number of hydrogen-bond donors (Lipinski definition) is 1. The molecule has 1 atom stereocenters. The molecule has 0 fully saturated rings. The minimum Gasteiger partial charge on any atom is -0.378 e. The molecule has 28 heavy (non-hydrogen) atoms. The fourth-order valence-electron chi connectivity index (χ4n) is 3.21. The smallest absolute Gasteiger partial charge is 0.165 e. The van der Waals surface area contributed by atoms with Crippen LogP contribution in [0.15, 0.2) is 72.8 Å². The van der Waals surface area contributed by atoms with Crippen molar-refractivity contribution in [1.29, 1.82) is 0 Å². The van der Waals surface area contributed by atoms with E-state index in [9.17, 15) is 4.79 Å². The van der Waals surface area contributed by atoms with Crippen LogP contribution >= 0.6 is 11.6 Å². The maximum Gasteiger partial charge on any atom is 0.165 e. The summed E-state index contributed by atoms with van der Waals surface area (Å²) in [6.07, 6.45) is 2.35. The Bertz CT molecular complexity index is 899. The van der Waals surface area contributed by atoms with Gasteiger partial charge in [-0.1, -0.05) is 74.0 Å². The molecule has 0 aromatic heterocycles. The number of ketones is 1. The third kappa shape index (κ3) is 5.24. The van der Waals surface area contributed by atoms with Gasteiger partial charge in [-0.2, -0.15) is 0 Å². The van der Waals surface area contributed by atoms with Crippen LogP contribution < -0.4 is 5.32 Å². The third-order valence-corrected chi connectivity index (χ3v) is 5.30. The molecule has 144 valence electrons. The van der Waals surface area contributed by atoms with Crippen molar-refractivity contribution in [3.63, 3.8) is 0 Å². The highest BCUT2D eigenvalue weighted by molar-refractivity contribution is 6.30. The van der Waals surface area contributed by atoms with Gasteiger partial charge in [0.05, 0.1) is 6.04 Å². The first-order valence-corrected chi connectivity index (χ1v) is 10.2. The Morgan fingerprint density at radius 2 is 1.36 bits per heavy atom. The summed E-state index contributed by atoms with van der Waals surface area (Å²) in [5.74, 6) is 0.125. The summed E-state index contributed by atoms with van der Waals surface area (Å²) in [7, 11) is 0. The van der Waals surface area contributed by atoms with E-state index >= 15 is 0 Å². The Morgan fingerprint density at radius 3 is 1.89 bits per heavy atom. The molecule has 1 N–H and O–H groups in total. The Labute approximate surface area is 172 Å². The minimum absolute atomic E-state index is 0.122. The number of Topliss-reactive ketones (excluding diaryl/α,β-unsaturated/α-hetero) is 1. The lowest BCUT2D eigenvalue weighted by molar-refractivity contribution is 0.0976. The van der Waals surface area contributed by atoms with Crippen LogP contribution in [0, 0.1) is 0 Å². The van der Waals surface area contributed by atoms with Crippen molar-refractivity contribution in [3.8, 4) is 0 Å². The molecule has 0 aliphatic rings. The lowest BCUT2D eigenvalue weighted by Gasteiger charge is -2.20. The number of anilines is 1. The summed E-state index contributed by atoms with van der Waals surface area (Å²) in [6, 6.07) is 23.9. The zero-order valence-electron chi connectivity index (χ0n) is 16.4. The molecule has 0 spiro atoms. The molecule has 3 aromatic carbocycles. The van der Waals surface area contributed by atoms with E-state index in [4.69, 9.17) is 11.6 Å². The summed E-state index contributed by atoms with van der Waals surface area (Å²) in [4.78, 5) is 12.9. The summed E-state index contributed by atoms with van der Waals surface area (Å²) in [5, 5.41) is 4.22. The van der Waals surface area contributed by atoms with E-state index in [2.05, 4.69) is 43.4 Å². The minimum atomic E-state index is -0.122. The van der Waals surface area contributed by atoms with Gasteiger partial charge in [0.25, 0.3) is 0 Å². The summed E-state index contributed by atoms with van der Waals surface area (Å²) in [6.45, 7) is 4.25. The number of halogens is 1. The predicted octanol–water partition coefficient (Wildman–Crippen LogP) is 6.89. The molecule has 0 saturated carbocycles. The largest absolute Gasteiger partial charge is 0.378 e. The fraction of sp³-hybridized carbons (Fsp3) is 0.240. The number of carbonyl (C=O) groups excluding carboxylic acids is 1. The Balaban J connectivity index is 1.82. The normalized spacial score (nSPS) is 11.8. The molecular formula is C25H26ClNO. The second-order valence-electron chi connectivity index (χ2n) is 6.98. The zero-order valence-corrected chi connectivity index (χ0v) is 17.2. The molecule has 0 bridgehead atoms. The average molecular weight is 392 g/mol. The van der Waals surface area contributed by atoms with E-state index < -0.39 is 0 Å². The number of benzene rings is 3. The Hall–Kier alpha value is -2.58. The van der Waals surface area contributed by atoms with Gasteiger partial charge in [0.15, 0.2) is 5.78 Å². The molecule has 0 aliphatic carbocycles. The van der Waals surface area contributed by atoms with Gasteiger partial charge in [-0.3, -0.25) is 4.79 Å². The Kier molecular flexibility index (Phi) is 6.89. The van der Waals surface area contributed by atoms with Crippen LogP contribution in [0.5, 0.6) is 0 Å². The molecule has 0 radical (unpaired) electrons. The molecule has 0 heterocycles. The lowest BCUT2D eigenvalue weighted by Crippen LogP contribution is -2.16. The second-order valence-corrected chi connectivity index (χ2v) is 7.41. The van der Waals surface area contributed by atoms with Crippen LogP contribution in [0.3, 0.4) is 0 Å². The van der Waals surface area contributed by atoms with Crippen LogP contribution in [-0.4, -0.2) is 5.78 Å². The van der Waals surface area contributed by atoms with Crippen LogP contribution in [0.2, 0.25) is 5.02 Å². The van der Waals surface area contributed by atoms with Crippen molar-refractivity contribution in [3.05, 3.63) is 100 Å². The molecule has 0 amide bonds. The SMILES string of the molecule is CCc1ccc(NC(CC(=O)c2ccc(CC)cc2)c2ccc(Cl)cc2)cc1. The average Bonchev–Trinajstić information content (AvgIpc) is 2.74. The van der Waals surface area contributed by atoms with E-state index in [0.29, 0.717) is 11.4 Å². The first kappa shape index (κ1) is 20.2. The molecule has 3 aromatic rings. The molecule has 0 saturated heterocycles. The van der Waals surface area contributed by atoms with Gasteiger partial charge < -0.3 is 5.32 Å². The van der Waals surface area contributed by atoms with Crippen LogP contribution in [-0.2, 0) is 12.8 Å². The molecular weight excluding hydrogens is 366 g/mol. The van der Waals surface area contributed by atoms with Crippen LogP contribution in [0.25, 0.3) is 0 Å². The lowest BCUT2D eigenvalue weighted by atomic mass is 9.96. The van der Waals surface area contributed by atoms with Gasteiger partial charge in [-0.15, -0.1) is 0 Å². The van der Waals surface area contributed by atoms with E-state index in [1.54, 1.807) is 0 Å². The van der Waals surface area contributed by atoms with Crippen LogP contribution in [0.4, 0.5) is 5.69 Å². The van der Waals surface area contributed by atoms with Crippen molar-refractivity contribution >= 4 is 23.1 Å². The highest BCUT2D eigenvalue weighted by Gasteiger charge is 2.17. The van der Waals surface area contributed by atoms with E-state index in [1.165, 1.54) is 11.1 Å². The number of aryl methyl sites for hydroxylation is 2. The molecule has 3 heteroatoms. The van der Waals surface area contributed by atoms with Crippen molar-refractivity contribution < 1.29 is 4.79 Å². The number of nitrogens with one attached hydrogen (secondary N) is 1. The fourth-order valence-corrected chi connectivity index (χ4v) is 3.34. The van der Waals surface area contributed by atoms with Crippen LogP contribution in [0.1, 0.15) is 53.4 Å². The molecule has 3 rings (SSSR count). The topological polar surface area (TPSA) is 29.1 Å². The molecule has 1 unspecified atom stereocenters. The summed E-state index contributed by atoms with van der Waals surface area (Å²) >= 11 is 6.05. The van der Waals surface area contributed by atoms with Crippen molar-refractivity contribution in [2.45, 2.75) is 39.2 Å². The van der Waals surface area contributed by atoms with Gasteiger partial charge >= 0.3 is 0 Å². The van der Waals surface area contributed by atoms with E-state index in [1.807, 2.05) is 48.5 Å². The van der Waals surface area contributed by atoms with Crippen molar-refractivity contribution in [2.75, 3.05) is 5.32 Å². The van der Waals surface area contributed by atoms with E-state index in [-0.39, 0.29) is 11.8 Å². The number of hydrogen-bond acceptors (Lipinski definition) is 2. The monoisotopic (exact) mass is 391 g/mol. The van der Waals surface area contributed by atoms with Gasteiger partial charge in [0.2, 0.25) is 0 Å². The number of rotatable bonds is 8. The van der Waals surface area contributed by atoms with Crippen molar-refractivity contribution in [2.24, 2.45) is 0 Å². The van der Waals surface area contributed by atoms with Gasteiger partial charge in [-0.25, -0.2) is 0 Å². The third-order valence-electron chi connectivity index (χ3n) is 5.05. The molecule has 0 aliphatic heterocycles. The van der Waals surface area contributed by atoms with Gasteiger partial charge in [0, 0.05) is 22.7 Å². The standard InChI is InChI=1S/C25H26ClNO/c1-3-18-5-9-21(10-6-18)25(28)17-24(20-11-13-22(26)14-12-20)27-23-15-7-19(4-2)8-16-23/h5-16,24,27H,3-4,17H2,1-2H3.